The highest BCUT2D eigenvalue weighted by Crippen LogP contribution is 2.19. The molecule has 0 bridgehead atoms. The zero-order valence-corrected chi connectivity index (χ0v) is 11.1. The molecule has 0 fully saturated rings. The molecule has 1 aromatic heterocycles. The van der Waals surface area contributed by atoms with Gasteiger partial charge in [-0.1, -0.05) is 24.3 Å². The predicted octanol–water partition coefficient (Wildman–Crippen LogP) is 4.01. The molecule has 0 aliphatic heterocycles. The van der Waals surface area contributed by atoms with Crippen molar-refractivity contribution in [3.05, 3.63) is 59.9 Å². The molecule has 0 saturated carbocycles. The van der Waals surface area contributed by atoms with E-state index in [1.807, 2.05) is 31.2 Å². The lowest BCUT2D eigenvalue weighted by Gasteiger charge is -2.11. The molecule has 3 rings (SSSR count). The highest BCUT2D eigenvalue weighted by Gasteiger charge is 2.09. The number of halogens is 1. The fourth-order valence-corrected chi connectivity index (χ4v) is 2.17. The number of nitrogens with zero attached hydrogens (tertiary/aromatic N) is 1. The summed E-state index contributed by atoms with van der Waals surface area (Å²) in [5.41, 5.74) is 2.68. The van der Waals surface area contributed by atoms with Crippen molar-refractivity contribution < 1.29 is 8.81 Å². The summed E-state index contributed by atoms with van der Waals surface area (Å²) in [6.45, 7) is 2.04. The maximum absolute atomic E-state index is 12.8. The van der Waals surface area contributed by atoms with Crippen LogP contribution in [0.3, 0.4) is 0 Å². The van der Waals surface area contributed by atoms with Gasteiger partial charge in [0.25, 0.3) is 6.01 Å². The van der Waals surface area contributed by atoms with Gasteiger partial charge in [0, 0.05) is 6.04 Å². The number of hydrogen-bond donors (Lipinski definition) is 1. The molecule has 1 heterocycles. The summed E-state index contributed by atoms with van der Waals surface area (Å²) in [7, 11) is 0. The SMILES string of the molecule is CC(Cc1ccc(F)cc1)Nc1nc2ccccc2o1. The third-order valence-corrected chi connectivity index (χ3v) is 3.12. The number of rotatable bonds is 4. The van der Waals surface area contributed by atoms with E-state index in [-0.39, 0.29) is 11.9 Å². The Kier molecular flexibility index (Phi) is 3.37. The van der Waals surface area contributed by atoms with Crippen molar-refractivity contribution in [1.29, 1.82) is 0 Å². The topological polar surface area (TPSA) is 38.1 Å². The number of hydrogen-bond acceptors (Lipinski definition) is 3. The van der Waals surface area contributed by atoms with Gasteiger partial charge in [0.15, 0.2) is 5.58 Å². The number of aromatic nitrogens is 1. The molecule has 0 saturated heterocycles. The normalized spacial score (nSPS) is 12.5. The molecule has 102 valence electrons. The third kappa shape index (κ3) is 2.79. The largest absolute Gasteiger partial charge is 0.424 e. The molecule has 1 unspecified atom stereocenters. The van der Waals surface area contributed by atoms with E-state index in [4.69, 9.17) is 4.42 Å². The molecule has 0 radical (unpaired) electrons. The lowest BCUT2D eigenvalue weighted by atomic mass is 10.1. The van der Waals surface area contributed by atoms with Crippen LogP contribution in [-0.4, -0.2) is 11.0 Å². The second-order valence-electron chi connectivity index (χ2n) is 4.86. The zero-order valence-electron chi connectivity index (χ0n) is 11.1. The number of benzene rings is 2. The number of para-hydroxylation sites is 2. The van der Waals surface area contributed by atoms with Crippen LogP contribution in [0.25, 0.3) is 11.1 Å². The van der Waals surface area contributed by atoms with E-state index in [0.29, 0.717) is 6.01 Å². The molecule has 1 N–H and O–H groups in total. The van der Waals surface area contributed by atoms with Crippen molar-refractivity contribution in [2.75, 3.05) is 5.32 Å². The minimum Gasteiger partial charge on any atom is -0.424 e. The molecule has 3 nitrogen and oxygen atoms in total. The molecule has 3 aromatic rings. The van der Waals surface area contributed by atoms with Gasteiger partial charge in [0.1, 0.15) is 11.3 Å². The van der Waals surface area contributed by atoms with Crippen LogP contribution < -0.4 is 5.32 Å². The van der Waals surface area contributed by atoms with E-state index >= 15 is 0 Å². The number of anilines is 1. The smallest absolute Gasteiger partial charge is 0.295 e. The summed E-state index contributed by atoms with van der Waals surface area (Å²) in [5, 5.41) is 3.22. The Bertz CT molecular complexity index is 673. The molecule has 1 atom stereocenters. The Hall–Kier alpha value is -2.36. The first-order valence-electron chi connectivity index (χ1n) is 6.57. The highest BCUT2D eigenvalue weighted by atomic mass is 19.1. The molecule has 0 aliphatic rings. The summed E-state index contributed by atoms with van der Waals surface area (Å²) < 4.78 is 18.5. The quantitative estimate of drug-likeness (QED) is 0.778. The monoisotopic (exact) mass is 270 g/mol. The fraction of sp³-hybridized carbons (Fsp3) is 0.188. The Morgan fingerprint density at radius 1 is 1.15 bits per heavy atom. The molecule has 0 spiro atoms. The molecule has 0 amide bonds. The lowest BCUT2D eigenvalue weighted by Crippen LogP contribution is -2.18. The Morgan fingerprint density at radius 3 is 2.65 bits per heavy atom. The Morgan fingerprint density at radius 2 is 1.90 bits per heavy atom. The summed E-state index contributed by atoms with van der Waals surface area (Å²) in [4.78, 5) is 4.37. The minimum atomic E-state index is -0.215. The first-order chi connectivity index (χ1) is 9.70. The van der Waals surface area contributed by atoms with Gasteiger partial charge in [0.2, 0.25) is 0 Å². The van der Waals surface area contributed by atoms with Crippen LogP contribution in [0.4, 0.5) is 10.4 Å². The first-order valence-corrected chi connectivity index (χ1v) is 6.57. The Balaban J connectivity index is 1.69. The van der Waals surface area contributed by atoms with Crippen molar-refractivity contribution in [1.82, 2.24) is 4.98 Å². The molecular weight excluding hydrogens is 255 g/mol. The van der Waals surface area contributed by atoms with E-state index in [0.717, 1.165) is 23.1 Å². The van der Waals surface area contributed by atoms with Gasteiger partial charge in [-0.15, -0.1) is 0 Å². The van der Waals surface area contributed by atoms with Gasteiger partial charge in [0.05, 0.1) is 0 Å². The zero-order chi connectivity index (χ0) is 13.9. The van der Waals surface area contributed by atoms with Crippen molar-refractivity contribution in [3.8, 4) is 0 Å². The molecule has 20 heavy (non-hydrogen) atoms. The highest BCUT2D eigenvalue weighted by molar-refractivity contribution is 5.74. The van der Waals surface area contributed by atoms with Crippen LogP contribution in [0.2, 0.25) is 0 Å². The van der Waals surface area contributed by atoms with Crippen LogP contribution >= 0.6 is 0 Å². The second kappa shape index (κ2) is 5.33. The summed E-state index contributed by atoms with van der Waals surface area (Å²) in [6.07, 6.45) is 0.777. The Labute approximate surface area is 116 Å². The third-order valence-electron chi connectivity index (χ3n) is 3.12. The summed E-state index contributed by atoms with van der Waals surface area (Å²) in [6, 6.07) is 14.8. The van der Waals surface area contributed by atoms with Crippen molar-refractivity contribution >= 4 is 17.1 Å². The van der Waals surface area contributed by atoms with E-state index in [2.05, 4.69) is 10.3 Å². The fourth-order valence-electron chi connectivity index (χ4n) is 2.17. The minimum absolute atomic E-state index is 0.147. The number of nitrogens with one attached hydrogen (secondary N) is 1. The molecular formula is C16H15FN2O. The maximum atomic E-state index is 12.8. The van der Waals surface area contributed by atoms with Crippen LogP contribution in [0, 0.1) is 5.82 Å². The maximum Gasteiger partial charge on any atom is 0.295 e. The number of oxazole rings is 1. The van der Waals surface area contributed by atoms with E-state index in [1.54, 1.807) is 12.1 Å². The average Bonchev–Trinajstić information content (AvgIpc) is 2.83. The van der Waals surface area contributed by atoms with E-state index in [1.165, 1.54) is 12.1 Å². The van der Waals surface area contributed by atoms with Crippen LogP contribution in [0.15, 0.2) is 52.9 Å². The van der Waals surface area contributed by atoms with Gasteiger partial charge >= 0.3 is 0 Å². The first kappa shape index (κ1) is 12.7. The predicted molar refractivity (Wildman–Crippen MR) is 77.2 cm³/mol. The lowest BCUT2D eigenvalue weighted by molar-refractivity contribution is 0.598. The van der Waals surface area contributed by atoms with Crippen molar-refractivity contribution in [3.63, 3.8) is 0 Å². The second-order valence-corrected chi connectivity index (χ2v) is 4.86. The molecule has 4 heteroatoms. The van der Waals surface area contributed by atoms with Crippen LogP contribution in [0.5, 0.6) is 0 Å². The van der Waals surface area contributed by atoms with E-state index < -0.39 is 0 Å². The van der Waals surface area contributed by atoms with Gasteiger partial charge in [-0.25, -0.2) is 4.39 Å². The van der Waals surface area contributed by atoms with Gasteiger partial charge in [-0.3, -0.25) is 0 Å². The van der Waals surface area contributed by atoms with Gasteiger partial charge in [-0.2, -0.15) is 4.98 Å². The van der Waals surface area contributed by atoms with Gasteiger partial charge in [-0.05, 0) is 43.2 Å². The van der Waals surface area contributed by atoms with Gasteiger partial charge < -0.3 is 9.73 Å². The van der Waals surface area contributed by atoms with Crippen LogP contribution in [0.1, 0.15) is 12.5 Å². The molecule has 0 aliphatic carbocycles. The molecule has 2 aromatic carbocycles. The summed E-state index contributed by atoms with van der Waals surface area (Å²) in [5.74, 6) is -0.215. The van der Waals surface area contributed by atoms with Crippen molar-refractivity contribution in [2.45, 2.75) is 19.4 Å². The van der Waals surface area contributed by atoms with Crippen LogP contribution in [-0.2, 0) is 6.42 Å². The van der Waals surface area contributed by atoms with E-state index in [9.17, 15) is 4.39 Å². The summed E-state index contributed by atoms with van der Waals surface area (Å²) >= 11 is 0. The average molecular weight is 270 g/mol. The number of fused-ring (bicyclic) bond motifs is 1. The van der Waals surface area contributed by atoms with Crippen molar-refractivity contribution in [2.24, 2.45) is 0 Å². The standard InChI is InChI=1S/C16H15FN2O/c1-11(10-12-6-8-13(17)9-7-12)18-16-19-14-4-2-3-5-15(14)20-16/h2-9,11H,10H2,1H3,(H,18,19).